The molecular weight excluding hydrogens is 295 g/mol. The molecule has 1 saturated carbocycles. The zero-order chi connectivity index (χ0) is 13.0. The molecule has 1 fully saturated rings. The van der Waals surface area contributed by atoms with Crippen LogP contribution in [-0.4, -0.2) is 6.04 Å². The van der Waals surface area contributed by atoms with Gasteiger partial charge in [0.15, 0.2) is 0 Å². The van der Waals surface area contributed by atoms with Gasteiger partial charge in [0.2, 0.25) is 0 Å². The highest BCUT2D eigenvalue weighted by Crippen LogP contribution is 2.29. The zero-order valence-corrected chi connectivity index (χ0v) is 12.0. The molecule has 3 N–H and O–H groups in total. The molecule has 1 aromatic rings. The first-order valence-electron chi connectivity index (χ1n) is 6.60. The Balaban J connectivity index is 2.04. The molecular formula is C14H20BrFN2. The summed E-state index contributed by atoms with van der Waals surface area (Å²) in [5.41, 5.74) is 4.06. The monoisotopic (exact) mass is 314 g/mol. The molecule has 1 aliphatic carbocycles. The highest BCUT2D eigenvalue weighted by molar-refractivity contribution is 9.10. The summed E-state index contributed by atoms with van der Waals surface area (Å²) in [4.78, 5) is 0. The predicted octanol–water partition coefficient (Wildman–Crippen LogP) is 3.54. The van der Waals surface area contributed by atoms with Gasteiger partial charge >= 0.3 is 0 Å². The molecule has 0 amide bonds. The van der Waals surface area contributed by atoms with Gasteiger partial charge in [-0.1, -0.05) is 41.3 Å². The standard InChI is InChI=1S/C14H20BrFN2/c15-13-9-12(16)7-6-11(13)8-14(18-17)10-4-2-1-3-5-10/h6-7,9-10,14,18H,1-5,8,17H2. The molecule has 2 nitrogen and oxygen atoms in total. The summed E-state index contributed by atoms with van der Waals surface area (Å²) >= 11 is 3.42. The predicted molar refractivity (Wildman–Crippen MR) is 75.5 cm³/mol. The number of hydrogen-bond donors (Lipinski definition) is 2. The summed E-state index contributed by atoms with van der Waals surface area (Å²) in [5.74, 6) is 6.12. The van der Waals surface area contributed by atoms with E-state index in [1.807, 2.05) is 6.07 Å². The van der Waals surface area contributed by atoms with Gasteiger partial charge in [0, 0.05) is 10.5 Å². The van der Waals surface area contributed by atoms with Crippen molar-refractivity contribution in [1.82, 2.24) is 5.43 Å². The van der Waals surface area contributed by atoms with Crippen LogP contribution in [0.3, 0.4) is 0 Å². The average molecular weight is 315 g/mol. The first kappa shape index (κ1) is 14.0. The smallest absolute Gasteiger partial charge is 0.124 e. The van der Waals surface area contributed by atoms with Crippen molar-refractivity contribution < 1.29 is 4.39 Å². The number of hydrogen-bond acceptors (Lipinski definition) is 2. The lowest BCUT2D eigenvalue weighted by molar-refractivity contribution is 0.268. The number of halogens is 2. The van der Waals surface area contributed by atoms with Crippen LogP contribution >= 0.6 is 15.9 Å². The summed E-state index contributed by atoms with van der Waals surface area (Å²) in [5, 5.41) is 0. The summed E-state index contributed by atoms with van der Waals surface area (Å²) in [7, 11) is 0. The van der Waals surface area contributed by atoms with Gasteiger partial charge in [-0.25, -0.2) is 4.39 Å². The lowest BCUT2D eigenvalue weighted by Crippen LogP contribution is -2.43. The molecule has 1 aliphatic rings. The minimum atomic E-state index is -0.208. The molecule has 0 aromatic heterocycles. The summed E-state index contributed by atoms with van der Waals surface area (Å²) in [6.07, 6.45) is 7.28. The van der Waals surface area contributed by atoms with E-state index in [1.165, 1.54) is 44.2 Å². The van der Waals surface area contributed by atoms with Gasteiger partial charge in [0.1, 0.15) is 5.82 Å². The van der Waals surface area contributed by atoms with E-state index in [9.17, 15) is 4.39 Å². The molecule has 1 atom stereocenters. The van der Waals surface area contributed by atoms with Crippen LogP contribution in [0.15, 0.2) is 22.7 Å². The fourth-order valence-electron chi connectivity index (χ4n) is 2.82. The second-order valence-electron chi connectivity index (χ2n) is 5.11. The molecule has 0 radical (unpaired) electrons. The van der Waals surface area contributed by atoms with Crippen molar-refractivity contribution >= 4 is 15.9 Å². The van der Waals surface area contributed by atoms with Gasteiger partial charge in [0.25, 0.3) is 0 Å². The number of nitrogens with two attached hydrogens (primary N) is 1. The minimum absolute atomic E-state index is 0.208. The van der Waals surface area contributed by atoms with Gasteiger partial charge in [-0.3, -0.25) is 11.3 Å². The van der Waals surface area contributed by atoms with E-state index in [0.29, 0.717) is 5.92 Å². The molecule has 0 bridgehead atoms. The van der Waals surface area contributed by atoms with Crippen LogP contribution in [0.2, 0.25) is 0 Å². The van der Waals surface area contributed by atoms with Crippen molar-refractivity contribution in [2.45, 2.75) is 44.6 Å². The van der Waals surface area contributed by atoms with Gasteiger partial charge in [-0.15, -0.1) is 0 Å². The van der Waals surface area contributed by atoms with Crippen molar-refractivity contribution in [1.29, 1.82) is 0 Å². The highest BCUT2D eigenvalue weighted by atomic mass is 79.9. The quantitative estimate of drug-likeness (QED) is 0.659. The first-order valence-corrected chi connectivity index (χ1v) is 7.40. The van der Waals surface area contributed by atoms with Crippen LogP contribution < -0.4 is 11.3 Å². The second kappa shape index (κ2) is 6.64. The molecule has 0 saturated heterocycles. The summed E-state index contributed by atoms with van der Waals surface area (Å²) in [6.45, 7) is 0. The molecule has 18 heavy (non-hydrogen) atoms. The average Bonchev–Trinajstić information content (AvgIpc) is 2.39. The van der Waals surface area contributed by atoms with E-state index in [1.54, 1.807) is 0 Å². The van der Waals surface area contributed by atoms with Gasteiger partial charge < -0.3 is 0 Å². The maximum Gasteiger partial charge on any atom is 0.124 e. The van der Waals surface area contributed by atoms with Gasteiger partial charge in [-0.05, 0) is 42.9 Å². The summed E-state index contributed by atoms with van der Waals surface area (Å²) < 4.78 is 13.9. The van der Waals surface area contributed by atoms with Gasteiger partial charge in [-0.2, -0.15) is 0 Å². The van der Waals surface area contributed by atoms with E-state index in [2.05, 4.69) is 21.4 Å². The van der Waals surface area contributed by atoms with Crippen LogP contribution in [-0.2, 0) is 6.42 Å². The maximum atomic E-state index is 13.1. The molecule has 1 aromatic carbocycles. The largest absolute Gasteiger partial charge is 0.271 e. The van der Waals surface area contributed by atoms with Crippen LogP contribution in [0.4, 0.5) is 4.39 Å². The Morgan fingerprint density at radius 2 is 2.06 bits per heavy atom. The Morgan fingerprint density at radius 1 is 1.33 bits per heavy atom. The third-order valence-corrected chi connectivity index (χ3v) is 4.63. The molecule has 100 valence electrons. The van der Waals surface area contributed by atoms with Gasteiger partial charge in [0.05, 0.1) is 0 Å². The van der Waals surface area contributed by atoms with Crippen molar-refractivity contribution in [2.75, 3.05) is 0 Å². The van der Waals surface area contributed by atoms with E-state index in [4.69, 9.17) is 5.84 Å². The number of benzene rings is 1. The lowest BCUT2D eigenvalue weighted by Gasteiger charge is -2.30. The minimum Gasteiger partial charge on any atom is -0.271 e. The Bertz CT molecular complexity index is 391. The van der Waals surface area contributed by atoms with E-state index in [0.717, 1.165) is 16.5 Å². The topological polar surface area (TPSA) is 38.0 Å². The van der Waals surface area contributed by atoms with Crippen molar-refractivity contribution in [3.05, 3.63) is 34.1 Å². The van der Waals surface area contributed by atoms with Crippen LogP contribution in [0.25, 0.3) is 0 Å². The summed E-state index contributed by atoms with van der Waals surface area (Å²) in [6, 6.07) is 5.15. The zero-order valence-electron chi connectivity index (χ0n) is 10.5. The number of rotatable bonds is 4. The van der Waals surface area contributed by atoms with Crippen molar-refractivity contribution in [2.24, 2.45) is 11.8 Å². The fraction of sp³-hybridized carbons (Fsp3) is 0.571. The molecule has 2 rings (SSSR count). The second-order valence-corrected chi connectivity index (χ2v) is 5.97. The maximum absolute atomic E-state index is 13.1. The molecule has 0 heterocycles. The molecule has 0 aliphatic heterocycles. The van der Waals surface area contributed by atoms with Crippen LogP contribution in [0.1, 0.15) is 37.7 Å². The molecule has 1 unspecified atom stereocenters. The Labute approximate surface area is 116 Å². The van der Waals surface area contributed by atoms with Crippen molar-refractivity contribution in [3.63, 3.8) is 0 Å². The fourth-order valence-corrected chi connectivity index (χ4v) is 3.34. The Morgan fingerprint density at radius 3 is 2.67 bits per heavy atom. The molecule has 0 spiro atoms. The third-order valence-electron chi connectivity index (χ3n) is 3.89. The first-order chi connectivity index (χ1) is 8.70. The highest BCUT2D eigenvalue weighted by Gasteiger charge is 2.23. The Kier molecular flexibility index (Phi) is 5.15. The SMILES string of the molecule is NNC(Cc1ccc(F)cc1Br)C1CCCCC1. The van der Waals surface area contributed by atoms with E-state index >= 15 is 0 Å². The Hall–Kier alpha value is -0.450. The van der Waals surface area contributed by atoms with E-state index in [-0.39, 0.29) is 11.9 Å². The molecule has 4 heteroatoms. The van der Waals surface area contributed by atoms with Crippen molar-refractivity contribution in [3.8, 4) is 0 Å². The number of hydrazine groups is 1. The van der Waals surface area contributed by atoms with Crippen LogP contribution in [0.5, 0.6) is 0 Å². The normalized spacial score (nSPS) is 18.8. The van der Waals surface area contributed by atoms with E-state index < -0.39 is 0 Å². The van der Waals surface area contributed by atoms with Crippen LogP contribution in [0, 0.1) is 11.7 Å². The lowest BCUT2D eigenvalue weighted by atomic mass is 9.82. The third kappa shape index (κ3) is 3.53. The number of nitrogens with one attached hydrogen (secondary N) is 1.